The van der Waals surface area contributed by atoms with Gasteiger partial charge in [-0.15, -0.1) is 35.3 Å². The van der Waals surface area contributed by atoms with Crippen LogP contribution in [0.25, 0.3) is 0 Å². The smallest absolute Gasteiger partial charge is 0.191 e. The van der Waals surface area contributed by atoms with E-state index in [1.807, 2.05) is 6.20 Å². The van der Waals surface area contributed by atoms with Gasteiger partial charge in [0.25, 0.3) is 0 Å². The highest BCUT2D eigenvalue weighted by atomic mass is 127. The fraction of sp³-hybridized carbons (Fsp3) is 0.444. The number of nitrogens with one attached hydrogen (secondary N) is 2. The van der Waals surface area contributed by atoms with E-state index >= 15 is 0 Å². The molecule has 2 N–H and O–H groups in total. The lowest BCUT2D eigenvalue weighted by molar-refractivity contribution is 0.656. The number of aryl methyl sites for hydroxylation is 1. The molecule has 5 nitrogen and oxygen atoms in total. The molecule has 2 aromatic rings. The van der Waals surface area contributed by atoms with Crippen molar-refractivity contribution < 1.29 is 0 Å². The molecule has 1 aromatic heterocycles. The third kappa shape index (κ3) is 5.07. The zero-order chi connectivity index (χ0) is 16.9. The Morgan fingerprint density at radius 3 is 2.88 bits per heavy atom. The number of halogens is 1. The Labute approximate surface area is 171 Å². The molecule has 2 heterocycles. The zero-order valence-corrected chi connectivity index (χ0v) is 18.1. The molecule has 0 fully saturated rings. The van der Waals surface area contributed by atoms with Crippen LogP contribution < -0.4 is 15.5 Å². The van der Waals surface area contributed by atoms with Gasteiger partial charge in [-0.1, -0.05) is 18.2 Å². The van der Waals surface area contributed by atoms with Crippen molar-refractivity contribution in [2.45, 2.75) is 32.9 Å². The molecular formula is C18H26IN5S. The molecule has 25 heavy (non-hydrogen) atoms. The number of nitrogens with zero attached hydrogens (tertiary/aromatic N) is 3. The minimum atomic E-state index is 0. The first-order valence-corrected chi connectivity index (χ1v) is 9.19. The predicted molar refractivity (Wildman–Crippen MR) is 117 cm³/mol. The summed E-state index contributed by atoms with van der Waals surface area (Å²) in [6, 6.07) is 9.25. The quantitative estimate of drug-likeness (QED) is 0.400. The Morgan fingerprint density at radius 1 is 1.36 bits per heavy atom. The SMILES string of the molecule is CN=C(NCCN1c2ccccc2CC1C)NCc1ncc(C)s1.I. The van der Waals surface area contributed by atoms with Crippen molar-refractivity contribution in [3.8, 4) is 0 Å². The monoisotopic (exact) mass is 471 g/mol. The second-order valence-electron chi connectivity index (χ2n) is 6.09. The van der Waals surface area contributed by atoms with Crippen molar-refractivity contribution in [2.75, 3.05) is 25.0 Å². The van der Waals surface area contributed by atoms with E-state index in [0.29, 0.717) is 12.6 Å². The summed E-state index contributed by atoms with van der Waals surface area (Å²) < 4.78 is 0. The molecule has 1 aliphatic rings. The van der Waals surface area contributed by atoms with E-state index in [1.54, 1.807) is 18.4 Å². The summed E-state index contributed by atoms with van der Waals surface area (Å²) in [7, 11) is 1.80. The van der Waals surface area contributed by atoms with E-state index in [0.717, 1.165) is 30.5 Å². The van der Waals surface area contributed by atoms with Crippen LogP contribution in [-0.2, 0) is 13.0 Å². The highest BCUT2D eigenvalue weighted by molar-refractivity contribution is 14.0. The van der Waals surface area contributed by atoms with E-state index in [9.17, 15) is 0 Å². The Kier molecular flexibility index (Phi) is 7.49. The average molecular weight is 471 g/mol. The van der Waals surface area contributed by atoms with Gasteiger partial charge in [-0.3, -0.25) is 4.99 Å². The zero-order valence-electron chi connectivity index (χ0n) is 15.0. The second-order valence-corrected chi connectivity index (χ2v) is 7.41. The Balaban J connectivity index is 0.00000225. The summed E-state index contributed by atoms with van der Waals surface area (Å²) in [4.78, 5) is 12.4. The largest absolute Gasteiger partial charge is 0.367 e. The molecule has 0 radical (unpaired) electrons. The van der Waals surface area contributed by atoms with E-state index < -0.39 is 0 Å². The molecule has 0 amide bonds. The standard InChI is InChI=1S/C18H25N5S.HI/c1-13-10-15-6-4-5-7-16(15)23(13)9-8-20-18(19-3)22-12-17-21-11-14(2)24-17;/h4-7,11,13H,8-10,12H2,1-3H3,(H2,19,20,22);1H. The molecule has 0 saturated carbocycles. The van der Waals surface area contributed by atoms with Crippen molar-refractivity contribution in [1.82, 2.24) is 15.6 Å². The van der Waals surface area contributed by atoms with Crippen LogP contribution in [0.4, 0.5) is 5.69 Å². The van der Waals surface area contributed by atoms with Gasteiger partial charge in [0.05, 0.1) is 6.54 Å². The molecule has 7 heteroatoms. The third-order valence-corrected chi connectivity index (χ3v) is 5.21. The van der Waals surface area contributed by atoms with Crippen LogP contribution in [0.5, 0.6) is 0 Å². The van der Waals surface area contributed by atoms with Gasteiger partial charge in [0.2, 0.25) is 0 Å². The Bertz CT molecular complexity index is 715. The molecular weight excluding hydrogens is 445 g/mol. The van der Waals surface area contributed by atoms with Gasteiger partial charge < -0.3 is 15.5 Å². The number of fused-ring (bicyclic) bond motifs is 1. The molecule has 1 unspecified atom stereocenters. The number of aliphatic imine (C=N–C) groups is 1. The van der Waals surface area contributed by atoms with E-state index in [4.69, 9.17) is 0 Å². The van der Waals surface area contributed by atoms with Crippen LogP contribution in [-0.4, -0.2) is 37.1 Å². The lowest BCUT2D eigenvalue weighted by Crippen LogP contribution is -2.42. The fourth-order valence-corrected chi connectivity index (χ4v) is 3.86. The van der Waals surface area contributed by atoms with Gasteiger partial charge in [0.15, 0.2) is 5.96 Å². The van der Waals surface area contributed by atoms with Crippen LogP contribution in [0.3, 0.4) is 0 Å². The topological polar surface area (TPSA) is 52.6 Å². The number of thiazole rings is 1. The fourth-order valence-electron chi connectivity index (χ4n) is 3.13. The normalized spacial score (nSPS) is 16.4. The molecule has 1 aliphatic heterocycles. The molecule has 3 rings (SSSR count). The van der Waals surface area contributed by atoms with E-state index in [1.165, 1.54) is 16.1 Å². The van der Waals surface area contributed by atoms with E-state index in [2.05, 4.69) is 63.6 Å². The van der Waals surface area contributed by atoms with Gasteiger partial charge in [-0.25, -0.2) is 4.98 Å². The minimum Gasteiger partial charge on any atom is -0.367 e. The van der Waals surface area contributed by atoms with Crippen LogP contribution in [0, 0.1) is 6.92 Å². The molecule has 136 valence electrons. The summed E-state index contributed by atoms with van der Waals surface area (Å²) >= 11 is 1.71. The number of hydrogen-bond acceptors (Lipinski definition) is 4. The first kappa shape index (κ1) is 20.0. The van der Waals surface area contributed by atoms with Crippen molar-refractivity contribution in [3.63, 3.8) is 0 Å². The maximum Gasteiger partial charge on any atom is 0.191 e. The van der Waals surface area contributed by atoms with Gasteiger partial charge in [0, 0.05) is 42.9 Å². The van der Waals surface area contributed by atoms with Crippen molar-refractivity contribution in [2.24, 2.45) is 4.99 Å². The van der Waals surface area contributed by atoms with E-state index in [-0.39, 0.29) is 24.0 Å². The minimum absolute atomic E-state index is 0. The number of benzene rings is 1. The highest BCUT2D eigenvalue weighted by Gasteiger charge is 2.24. The molecule has 1 atom stereocenters. The van der Waals surface area contributed by atoms with Gasteiger partial charge in [-0.05, 0) is 31.9 Å². The average Bonchev–Trinajstić information content (AvgIpc) is 3.14. The Hall–Kier alpha value is -1.35. The van der Waals surface area contributed by atoms with Crippen LogP contribution in [0.15, 0.2) is 35.5 Å². The number of hydrogen-bond donors (Lipinski definition) is 2. The number of rotatable bonds is 5. The maximum atomic E-state index is 4.37. The number of aromatic nitrogens is 1. The summed E-state index contributed by atoms with van der Waals surface area (Å²) in [5.41, 5.74) is 2.82. The number of anilines is 1. The summed E-state index contributed by atoms with van der Waals surface area (Å²) in [5, 5.41) is 7.80. The van der Waals surface area contributed by atoms with Crippen LogP contribution in [0.2, 0.25) is 0 Å². The summed E-state index contributed by atoms with van der Waals surface area (Å²) in [5.74, 6) is 0.822. The molecule has 0 saturated heterocycles. The van der Waals surface area contributed by atoms with Crippen LogP contribution >= 0.6 is 35.3 Å². The van der Waals surface area contributed by atoms with Crippen molar-refractivity contribution in [1.29, 1.82) is 0 Å². The van der Waals surface area contributed by atoms with Gasteiger partial charge in [0.1, 0.15) is 5.01 Å². The molecule has 1 aromatic carbocycles. The van der Waals surface area contributed by atoms with Gasteiger partial charge in [-0.2, -0.15) is 0 Å². The Morgan fingerprint density at radius 2 is 2.16 bits per heavy atom. The predicted octanol–water partition coefficient (Wildman–Crippen LogP) is 3.19. The third-order valence-electron chi connectivity index (χ3n) is 4.29. The molecule has 0 bridgehead atoms. The maximum absolute atomic E-state index is 4.37. The summed E-state index contributed by atoms with van der Waals surface area (Å²) in [6.45, 7) is 6.90. The molecule has 0 spiro atoms. The second kappa shape index (κ2) is 9.38. The first-order valence-electron chi connectivity index (χ1n) is 8.37. The highest BCUT2D eigenvalue weighted by Crippen LogP contribution is 2.31. The summed E-state index contributed by atoms with van der Waals surface area (Å²) in [6.07, 6.45) is 3.04. The first-order chi connectivity index (χ1) is 11.7. The van der Waals surface area contributed by atoms with Gasteiger partial charge >= 0.3 is 0 Å². The lowest BCUT2D eigenvalue weighted by Gasteiger charge is -2.25. The molecule has 0 aliphatic carbocycles. The van der Waals surface area contributed by atoms with Crippen molar-refractivity contribution >= 4 is 47.0 Å². The van der Waals surface area contributed by atoms with Crippen molar-refractivity contribution in [3.05, 3.63) is 45.9 Å². The number of guanidine groups is 1. The lowest BCUT2D eigenvalue weighted by atomic mass is 10.1. The number of para-hydroxylation sites is 1. The van der Waals surface area contributed by atoms with Crippen LogP contribution in [0.1, 0.15) is 22.4 Å².